The predicted octanol–water partition coefficient (Wildman–Crippen LogP) is 5.26. The van der Waals surface area contributed by atoms with Gasteiger partial charge in [0.15, 0.2) is 0 Å². The van der Waals surface area contributed by atoms with Crippen molar-refractivity contribution in [3.63, 3.8) is 0 Å². The van der Waals surface area contributed by atoms with Crippen molar-refractivity contribution in [1.29, 1.82) is 0 Å². The minimum Gasteiger partial charge on any atom is -0.441 e. The number of aromatic amines is 1. The quantitative estimate of drug-likeness (QED) is 0.571. The Hall–Kier alpha value is -2.51. The molecule has 0 atom stereocenters. The van der Waals surface area contributed by atoms with Crippen LogP contribution in [0.15, 0.2) is 36.5 Å². The number of anilines is 2. The van der Waals surface area contributed by atoms with Crippen molar-refractivity contribution in [3.8, 4) is 0 Å². The van der Waals surface area contributed by atoms with Crippen molar-refractivity contribution in [2.24, 2.45) is 5.92 Å². The van der Waals surface area contributed by atoms with Gasteiger partial charge in [-0.2, -0.15) is 0 Å². The fourth-order valence-electron chi connectivity index (χ4n) is 4.31. The molecule has 2 fully saturated rings. The van der Waals surface area contributed by atoms with Crippen LogP contribution in [0.3, 0.4) is 0 Å². The number of carbonyl (C=O) groups excluding carboxylic acids is 1. The third-order valence-electron chi connectivity index (χ3n) is 5.99. The first-order valence-electron chi connectivity index (χ1n) is 10.0. The maximum absolute atomic E-state index is 12.4. The molecule has 2 N–H and O–H groups in total. The number of rotatable bonds is 4. The van der Waals surface area contributed by atoms with Gasteiger partial charge in [-0.25, -0.2) is 14.8 Å². The number of ether oxygens (including phenoxy) is 1. The monoisotopic (exact) mass is 445 g/mol. The molecular formula is C21H21Cl2N5O2. The zero-order valence-corrected chi connectivity index (χ0v) is 17.7. The molecule has 30 heavy (non-hydrogen) atoms. The average Bonchev–Trinajstić information content (AvgIpc) is 3.29. The van der Waals surface area contributed by atoms with Gasteiger partial charge in [-0.1, -0.05) is 29.3 Å². The lowest BCUT2D eigenvalue weighted by molar-refractivity contribution is 0.0148. The van der Waals surface area contributed by atoms with E-state index >= 15 is 0 Å². The van der Waals surface area contributed by atoms with Crippen LogP contribution in [0, 0.1) is 5.92 Å². The van der Waals surface area contributed by atoms with Crippen LogP contribution in [0.4, 0.5) is 16.6 Å². The zero-order chi connectivity index (χ0) is 20.7. The number of aromatic nitrogens is 3. The van der Waals surface area contributed by atoms with Gasteiger partial charge >= 0.3 is 6.09 Å². The van der Waals surface area contributed by atoms with Crippen LogP contribution in [0.25, 0.3) is 11.0 Å². The molecule has 156 valence electrons. The highest BCUT2D eigenvalue weighted by Crippen LogP contribution is 2.40. The molecule has 1 aromatic carbocycles. The van der Waals surface area contributed by atoms with Crippen LogP contribution in [0.1, 0.15) is 25.7 Å². The average molecular weight is 446 g/mol. The van der Waals surface area contributed by atoms with Crippen molar-refractivity contribution in [1.82, 2.24) is 15.0 Å². The number of hydrogen-bond donors (Lipinski definition) is 2. The zero-order valence-electron chi connectivity index (χ0n) is 16.2. The van der Waals surface area contributed by atoms with E-state index in [-0.39, 0.29) is 6.09 Å². The highest BCUT2D eigenvalue weighted by molar-refractivity contribution is 6.42. The van der Waals surface area contributed by atoms with Crippen LogP contribution >= 0.6 is 23.2 Å². The number of H-pyrrole nitrogens is 1. The highest BCUT2D eigenvalue weighted by atomic mass is 35.5. The third kappa shape index (κ3) is 3.68. The molecule has 0 bridgehead atoms. The smallest absolute Gasteiger partial charge is 0.416 e. The third-order valence-corrected chi connectivity index (χ3v) is 6.72. The Morgan fingerprint density at radius 2 is 2.03 bits per heavy atom. The number of imidazole rings is 1. The summed E-state index contributed by atoms with van der Waals surface area (Å²) < 4.78 is 5.81. The highest BCUT2D eigenvalue weighted by Gasteiger charge is 2.47. The number of nitrogens with one attached hydrogen (secondary N) is 2. The standard InChI is InChI=1S/C21H21Cl2N5O2/c22-14-9-16-17(10-15(14)23)27-19(26-16)25-11-13-4-6-21(7-5-13)12-28(20(29)30-21)18-3-1-2-8-24-18/h1-3,8-10,13H,4-7,11-12H2,(H2,25,26,27)/t13-,21-. The van der Waals surface area contributed by atoms with E-state index in [1.54, 1.807) is 23.2 Å². The lowest BCUT2D eigenvalue weighted by Crippen LogP contribution is -2.39. The largest absolute Gasteiger partial charge is 0.441 e. The molecule has 1 saturated heterocycles. The summed E-state index contributed by atoms with van der Waals surface area (Å²) in [5, 5.41) is 4.38. The first-order valence-corrected chi connectivity index (χ1v) is 10.8. The summed E-state index contributed by atoms with van der Waals surface area (Å²) in [6.45, 7) is 1.36. The van der Waals surface area contributed by atoms with E-state index in [0.717, 1.165) is 43.3 Å². The molecule has 0 unspecified atom stereocenters. The van der Waals surface area contributed by atoms with Crippen LogP contribution in [-0.4, -0.2) is 39.7 Å². The predicted molar refractivity (Wildman–Crippen MR) is 117 cm³/mol. The Labute approximate surface area is 183 Å². The SMILES string of the molecule is O=C1O[C@]2(CC[C@H](CNc3nc4cc(Cl)c(Cl)cc4[nH]3)CC2)CN1c1ccccn1. The van der Waals surface area contributed by atoms with Crippen molar-refractivity contribution < 1.29 is 9.53 Å². The molecule has 7 nitrogen and oxygen atoms in total. The summed E-state index contributed by atoms with van der Waals surface area (Å²) in [5.41, 5.74) is 1.22. The van der Waals surface area contributed by atoms with Crippen molar-refractivity contribution in [2.45, 2.75) is 31.3 Å². The van der Waals surface area contributed by atoms with E-state index in [0.29, 0.717) is 34.3 Å². The Morgan fingerprint density at radius 3 is 2.80 bits per heavy atom. The summed E-state index contributed by atoms with van der Waals surface area (Å²) in [6, 6.07) is 9.09. The Balaban J connectivity index is 1.18. The molecule has 2 aromatic heterocycles. The Bertz CT molecular complexity index is 1040. The lowest BCUT2D eigenvalue weighted by atomic mass is 9.78. The lowest BCUT2D eigenvalue weighted by Gasteiger charge is -2.35. The Kier molecular flexibility index (Phi) is 4.95. The van der Waals surface area contributed by atoms with E-state index in [1.807, 2.05) is 18.2 Å². The molecule has 9 heteroatoms. The van der Waals surface area contributed by atoms with E-state index < -0.39 is 5.60 Å². The molecule has 3 heterocycles. The maximum atomic E-state index is 12.4. The molecule has 1 aliphatic carbocycles. The number of fused-ring (bicyclic) bond motifs is 1. The summed E-state index contributed by atoms with van der Waals surface area (Å²) >= 11 is 12.1. The van der Waals surface area contributed by atoms with E-state index in [2.05, 4.69) is 20.3 Å². The molecule has 3 aromatic rings. The molecule has 1 amide bonds. The number of carbonyl (C=O) groups is 1. The fraction of sp³-hybridized carbons (Fsp3) is 0.381. The van der Waals surface area contributed by atoms with Crippen molar-refractivity contribution in [2.75, 3.05) is 23.3 Å². The number of pyridine rings is 1. The van der Waals surface area contributed by atoms with Crippen molar-refractivity contribution >= 4 is 52.1 Å². The number of hydrogen-bond acceptors (Lipinski definition) is 5. The first kappa shape index (κ1) is 19.5. The first-order chi connectivity index (χ1) is 14.5. The van der Waals surface area contributed by atoms with Gasteiger partial charge in [-0.15, -0.1) is 0 Å². The van der Waals surface area contributed by atoms with Gasteiger partial charge in [0.05, 0.1) is 27.6 Å². The maximum Gasteiger partial charge on any atom is 0.416 e. The molecule has 1 spiro atoms. The number of nitrogens with zero attached hydrogens (tertiary/aromatic N) is 3. The summed E-state index contributed by atoms with van der Waals surface area (Å²) in [6.07, 6.45) is 5.04. The summed E-state index contributed by atoms with van der Waals surface area (Å²) in [7, 11) is 0. The minimum absolute atomic E-state index is 0.301. The van der Waals surface area contributed by atoms with E-state index in [1.165, 1.54) is 0 Å². The van der Waals surface area contributed by atoms with Crippen LogP contribution in [0.2, 0.25) is 10.0 Å². The van der Waals surface area contributed by atoms with Gasteiger partial charge in [0.1, 0.15) is 11.4 Å². The number of benzene rings is 1. The minimum atomic E-state index is -0.405. The topological polar surface area (TPSA) is 83.1 Å². The van der Waals surface area contributed by atoms with Crippen LogP contribution in [-0.2, 0) is 4.74 Å². The van der Waals surface area contributed by atoms with Gasteiger partial charge in [-0.3, -0.25) is 4.90 Å². The second-order valence-corrected chi connectivity index (χ2v) is 8.83. The van der Waals surface area contributed by atoms with Gasteiger partial charge < -0.3 is 15.0 Å². The second-order valence-electron chi connectivity index (χ2n) is 8.02. The number of amides is 1. The fourth-order valence-corrected chi connectivity index (χ4v) is 4.63. The van der Waals surface area contributed by atoms with Crippen molar-refractivity contribution in [3.05, 3.63) is 46.6 Å². The van der Waals surface area contributed by atoms with Crippen LogP contribution < -0.4 is 10.2 Å². The van der Waals surface area contributed by atoms with Gasteiger partial charge in [0.25, 0.3) is 0 Å². The molecule has 1 saturated carbocycles. The molecular weight excluding hydrogens is 425 g/mol. The molecule has 0 radical (unpaired) electrons. The van der Waals surface area contributed by atoms with Gasteiger partial charge in [-0.05, 0) is 55.9 Å². The Morgan fingerprint density at radius 1 is 1.23 bits per heavy atom. The van der Waals surface area contributed by atoms with Gasteiger partial charge in [0.2, 0.25) is 5.95 Å². The number of halogens is 2. The summed E-state index contributed by atoms with van der Waals surface area (Å²) in [4.78, 5) is 26.1. The molecule has 5 rings (SSSR count). The molecule has 2 aliphatic rings. The van der Waals surface area contributed by atoms with E-state index in [9.17, 15) is 4.79 Å². The summed E-state index contributed by atoms with van der Waals surface area (Å²) in [5.74, 6) is 1.84. The van der Waals surface area contributed by atoms with Crippen LogP contribution in [0.5, 0.6) is 0 Å². The second kappa shape index (κ2) is 7.63. The van der Waals surface area contributed by atoms with Gasteiger partial charge in [0, 0.05) is 12.7 Å². The normalized spacial score (nSPS) is 23.9. The molecule has 1 aliphatic heterocycles. The van der Waals surface area contributed by atoms with E-state index in [4.69, 9.17) is 27.9 Å².